The van der Waals surface area contributed by atoms with Gasteiger partial charge in [-0.25, -0.2) is 0 Å². The lowest BCUT2D eigenvalue weighted by Crippen LogP contribution is -2.51. The Hall–Kier alpha value is -1.99. The summed E-state index contributed by atoms with van der Waals surface area (Å²) in [7, 11) is 1.43. The summed E-state index contributed by atoms with van der Waals surface area (Å²) in [6.45, 7) is 3.70. The lowest BCUT2D eigenvalue weighted by Gasteiger charge is -2.32. The first kappa shape index (κ1) is 17.4. The summed E-state index contributed by atoms with van der Waals surface area (Å²) < 4.78 is 10.5. The van der Waals surface area contributed by atoms with Gasteiger partial charge in [-0.15, -0.1) is 0 Å². The molecule has 1 aliphatic heterocycles. The van der Waals surface area contributed by atoms with Crippen molar-refractivity contribution in [3.05, 3.63) is 22.7 Å². The summed E-state index contributed by atoms with van der Waals surface area (Å²) in [4.78, 5) is 25.2. The molecule has 0 radical (unpaired) electrons. The van der Waals surface area contributed by atoms with Gasteiger partial charge in [0, 0.05) is 31.2 Å². The molecular weight excluding hydrogens is 322 g/mol. The number of primary amides is 1. The number of benzene rings is 1. The van der Waals surface area contributed by atoms with Crippen LogP contribution in [-0.4, -0.2) is 56.1 Å². The van der Waals surface area contributed by atoms with Crippen molar-refractivity contribution in [1.29, 1.82) is 0 Å². The second-order valence-corrected chi connectivity index (χ2v) is 5.76. The highest BCUT2D eigenvalue weighted by atomic mass is 35.5. The van der Waals surface area contributed by atoms with Crippen LogP contribution in [0.3, 0.4) is 0 Å². The summed E-state index contributed by atoms with van der Waals surface area (Å²) in [6.07, 6.45) is 0. The highest BCUT2D eigenvalue weighted by molar-refractivity contribution is 6.32. The number of carbonyl (C=O) groups excluding carboxylic acids is 2. The lowest BCUT2D eigenvalue weighted by molar-refractivity contribution is -0.119. The number of methoxy groups -OCH3 is 1. The van der Waals surface area contributed by atoms with Gasteiger partial charge in [0.2, 0.25) is 0 Å². The number of nitrogens with one attached hydrogen (secondary N) is 1. The van der Waals surface area contributed by atoms with Crippen LogP contribution in [0.25, 0.3) is 0 Å². The molecule has 0 aliphatic carbocycles. The van der Waals surface area contributed by atoms with E-state index in [4.69, 9.17) is 26.8 Å². The molecule has 126 valence electrons. The van der Waals surface area contributed by atoms with Crippen LogP contribution in [0.1, 0.15) is 17.3 Å². The molecule has 1 aromatic rings. The van der Waals surface area contributed by atoms with Crippen molar-refractivity contribution in [2.75, 3.05) is 33.4 Å². The molecule has 0 spiro atoms. The van der Waals surface area contributed by atoms with Gasteiger partial charge in [-0.2, -0.15) is 0 Å². The molecule has 1 aromatic carbocycles. The Labute approximate surface area is 139 Å². The van der Waals surface area contributed by atoms with Crippen LogP contribution < -0.4 is 20.5 Å². The van der Waals surface area contributed by atoms with Crippen LogP contribution in [0.5, 0.6) is 11.5 Å². The predicted molar refractivity (Wildman–Crippen MR) is 86.1 cm³/mol. The molecule has 0 bridgehead atoms. The Morgan fingerprint density at radius 3 is 2.83 bits per heavy atom. The van der Waals surface area contributed by atoms with Crippen molar-refractivity contribution in [1.82, 2.24) is 10.2 Å². The number of rotatable bonds is 5. The third kappa shape index (κ3) is 4.27. The molecule has 1 heterocycles. The average molecular weight is 342 g/mol. The summed E-state index contributed by atoms with van der Waals surface area (Å²) in [5.41, 5.74) is 5.47. The Bertz CT molecular complexity index is 609. The largest absolute Gasteiger partial charge is 0.493 e. The Morgan fingerprint density at radius 2 is 2.22 bits per heavy atom. The van der Waals surface area contributed by atoms with Gasteiger partial charge >= 0.3 is 0 Å². The van der Waals surface area contributed by atoms with Crippen LogP contribution in [0.15, 0.2) is 12.1 Å². The number of amides is 2. The maximum Gasteiger partial charge on any atom is 0.255 e. The van der Waals surface area contributed by atoms with E-state index in [0.29, 0.717) is 18.7 Å². The second-order valence-electron chi connectivity index (χ2n) is 5.35. The van der Waals surface area contributed by atoms with Gasteiger partial charge in [0.1, 0.15) is 0 Å². The first-order valence-electron chi connectivity index (χ1n) is 7.23. The predicted octanol–water partition coefficient (Wildman–Crippen LogP) is 0.647. The quantitative estimate of drug-likeness (QED) is 0.820. The molecule has 1 aliphatic rings. The zero-order valence-corrected chi connectivity index (χ0v) is 13.9. The van der Waals surface area contributed by atoms with E-state index in [9.17, 15) is 9.59 Å². The molecule has 7 nitrogen and oxygen atoms in total. The maximum absolute atomic E-state index is 12.6. The number of piperazine rings is 1. The topological polar surface area (TPSA) is 93.9 Å². The standard InChI is InChI=1S/C15H20ClN3O4/c1-9-7-19(4-3-18-9)15(21)10-5-11(16)14(12(6-10)22-2)23-8-13(17)20/h5-6,9,18H,3-4,7-8H2,1-2H3,(H2,17,20). The van der Waals surface area contributed by atoms with E-state index in [-0.39, 0.29) is 35.1 Å². The smallest absolute Gasteiger partial charge is 0.255 e. The first-order chi connectivity index (χ1) is 10.9. The molecule has 1 atom stereocenters. The zero-order valence-electron chi connectivity index (χ0n) is 13.1. The molecule has 0 saturated carbocycles. The molecule has 0 aromatic heterocycles. The number of carbonyl (C=O) groups is 2. The van der Waals surface area contributed by atoms with E-state index in [2.05, 4.69) is 5.32 Å². The van der Waals surface area contributed by atoms with Crippen LogP contribution in [0, 0.1) is 0 Å². The van der Waals surface area contributed by atoms with Gasteiger partial charge < -0.3 is 25.4 Å². The fourth-order valence-electron chi connectivity index (χ4n) is 2.43. The minimum absolute atomic E-state index is 0.125. The van der Waals surface area contributed by atoms with E-state index < -0.39 is 5.91 Å². The van der Waals surface area contributed by atoms with Crippen LogP contribution in [-0.2, 0) is 4.79 Å². The molecule has 2 amide bonds. The molecule has 23 heavy (non-hydrogen) atoms. The number of nitrogens with two attached hydrogens (primary N) is 1. The summed E-state index contributed by atoms with van der Waals surface area (Å²) in [5.74, 6) is -0.276. The van der Waals surface area contributed by atoms with E-state index in [1.807, 2.05) is 6.92 Å². The average Bonchev–Trinajstić information content (AvgIpc) is 2.52. The van der Waals surface area contributed by atoms with E-state index >= 15 is 0 Å². The monoisotopic (exact) mass is 341 g/mol. The molecule has 1 fully saturated rings. The fraction of sp³-hybridized carbons (Fsp3) is 0.467. The van der Waals surface area contributed by atoms with E-state index in [1.165, 1.54) is 13.2 Å². The molecule has 8 heteroatoms. The number of hydrogen-bond acceptors (Lipinski definition) is 5. The molecule has 1 unspecified atom stereocenters. The highest BCUT2D eigenvalue weighted by Crippen LogP contribution is 2.36. The number of ether oxygens (including phenoxy) is 2. The zero-order chi connectivity index (χ0) is 17.0. The Balaban J connectivity index is 2.24. The van der Waals surface area contributed by atoms with Gasteiger partial charge in [-0.3, -0.25) is 9.59 Å². The fourth-order valence-corrected chi connectivity index (χ4v) is 2.69. The number of hydrogen-bond donors (Lipinski definition) is 2. The van der Waals surface area contributed by atoms with Crippen molar-refractivity contribution >= 4 is 23.4 Å². The van der Waals surface area contributed by atoms with Crippen molar-refractivity contribution in [3.8, 4) is 11.5 Å². The normalized spacial score (nSPS) is 17.7. The molecule has 3 N–H and O–H groups in total. The second kappa shape index (κ2) is 7.52. The summed E-state index contributed by atoms with van der Waals surface area (Å²) in [6, 6.07) is 3.30. The SMILES string of the molecule is COc1cc(C(=O)N2CCNC(C)C2)cc(Cl)c1OCC(N)=O. The molecular formula is C15H20ClN3O4. The van der Waals surface area contributed by atoms with Gasteiger partial charge in [0.05, 0.1) is 12.1 Å². The van der Waals surface area contributed by atoms with Crippen LogP contribution in [0.2, 0.25) is 5.02 Å². The van der Waals surface area contributed by atoms with E-state index in [1.54, 1.807) is 11.0 Å². The third-order valence-corrected chi connectivity index (χ3v) is 3.77. The molecule has 1 saturated heterocycles. The summed E-state index contributed by atoms with van der Waals surface area (Å²) in [5, 5.41) is 3.47. The van der Waals surface area contributed by atoms with Gasteiger partial charge in [0.15, 0.2) is 18.1 Å². The highest BCUT2D eigenvalue weighted by Gasteiger charge is 2.24. The third-order valence-electron chi connectivity index (χ3n) is 3.49. The minimum Gasteiger partial charge on any atom is -0.493 e. The Kier molecular flexibility index (Phi) is 5.68. The van der Waals surface area contributed by atoms with Gasteiger partial charge in [0.25, 0.3) is 11.8 Å². The van der Waals surface area contributed by atoms with Crippen molar-refractivity contribution in [3.63, 3.8) is 0 Å². The van der Waals surface area contributed by atoms with Crippen LogP contribution >= 0.6 is 11.6 Å². The summed E-state index contributed by atoms with van der Waals surface area (Å²) >= 11 is 6.17. The van der Waals surface area contributed by atoms with Gasteiger partial charge in [-0.05, 0) is 19.1 Å². The minimum atomic E-state index is -0.627. The van der Waals surface area contributed by atoms with Crippen molar-refractivity contribution < 1.29 is 19.1 Å². The maximum atomic E-state index is 12.6. The van der Waals surface area contributed by atoms with Gasteiger partial charge in [-0.1, -0.05) is 11.6 Å². The number of nitrogens with zero attached hydrogens (tertiary/aromatic N) is 1. The lowest BCUT2D eigenvalue weighted by atomic mass is 10.1. The van der Waals surface area contributed by atoms with Crippen molar-refractivity contribution in [2.24, 2.45) is 5.73 Å². The Morgan fingerprint density at radius 1 is 1.48 bits per heavy atom. The first-order valence-corrected chi connectivity index (χ1v) is 7.61. The van der Waals surface area contributed by atoms with Crippen LogP contribution in [0.4, 0.5) is 0 Å². The van der Waals surface area contributed by atoms with Crippen molar-refractivity contribution in [2.45, 2.75) is 13.0 Å². The van der Waals surface area contributed by atoms with E-state index in [0.717, 1.165) is 6.54 Å². The molecule has 2 rings (SSSR count). The number of halogens is 1.